The van der Waals surface area contributed by atoms with Gasteiger partial charge < -0.3 is 5.32 Å². The van der Waals surface area contributed by atoms with Crippen molar-refractivity contribution in [1.82, 2.24) is 15.1 Å². The van der Waals surface area contributed by atoms with E-state index in [0.29, 0.717) is 18.7 Å². The van der Waals surface area contributed by atoms with Gasteiger partial charge >= 0.3 is 5.51 Å². The van der Waals surface area contributed by atoms with Crippen LogP contribution < -0.4 is 5.32 Å². The van der Waals surface area contributed by atoms with Gasteiger partial charge in [0.05, 0.1) is 5.69 Å². The van der Waals surface area contributed by atoms with Gasteiger partial charge in [0.25, 0.3) is 0 Å². The van der Waals surface area contributed by atoms with Gasteiger partial charge in [-0.25, -0.2) is 0 Å². The van der Waals surface area contributed by atoms with Gasteiger partial charge in [-0.15, -0.1) is 0 Å². The Kier molecular flexibility index (Phi) is 7.12. The van der Waals surface area contributed by atoms with E-state index in [4.69, 9.17) is 0 Å². The number of alkyl halides is 3. The molecule has 0 aliphatic heterocycles. The predicted molar refractivity (Wildman–Crippen MR) is 101 cm³/mol. The van der Waals surface area contributed by atoms with Gasteiger partial charge in [-0.05, 0) is 61.4 Å². The molecule has 0 aliphatic carbocycles. The molecule has 1 N–H and O–H groups in total. The number of halogens is 3. The highest BCUT2D eigenvalue weighted by Crippen LogP contribution is 2.36. The number of aromatic nitrogens is 2. The summed E-state index contributed by atoms with van der Waals surface area (Å²) in [6.07, 6.45) is 2.95. The Hall–Kier alpha value is -2.22. The monoisotopic (exact) mass is 397 g/mol. The second-order valence-corrected chi connectivity index (χ2v) is 7.55. The van der Waals surface area contributed by atoms with Crippen molar-refractivity contribution >= 4 is 23.7 Å². The summed E-state index contributed by atoms with van der Waals surface area (Å²) in [5.41, 5.74) is -1.60. The highest BCUT2D eigenvalue weighted by molar-refractivity contribution is 8.00. The first-order valence-corrected chi connectivity index (χ1v) is 9.27. The van der Waals surface area contributed by atoms with E-state index in [-0.39, 0.29) is 28.5 Å². The average molecular weight is 397 g/mol. The number of hydrogen-bond donors (Lipinski definition) is 1. The maximum Gasteiger partial charge on any atom is 0.446 e. The minimum atomic E-state index is -4.30. The van der Waals surface area contributed by atoms with Crippen LogP contribution in [0, 0.1) is 19.8 Å². The van der Waals surface area contributed by atoms with E-state index in [0.717, 1.165) is 11.4 Å². The molecule has 0 saturated heterocycles. The normalized spacial score (nSPS) is 13.1. The number of nitrogens with one attached hydrogen (secondary N) is 1. The fourth-order valence-electron chi connectivity index (χ4n) is 2.51. The zero-order valence-electron chi connectivity index (χ0n) is 15.4. The summed E-state index contributed by atoms with van der Waals surface area (Å²) < 4.78 is 38.8. The van der Waals surface area contributed by atoms with Crippen LogP contribution >= 0.6 is 11.8 Å². The molecule has 0 spiro atoms. The summed E-state index contributed by atoms with van der Waals surface area (Å²) in [6, 6.07) is 7.86. The molecule has 1 heterocycles. The van der Waals surface area contributed by atoms with Crippen molar-refractivity contribution in [1.29, 1.82) is 0 Å². The van der Waals surface area contributed by atoms with Gasteiger partial charge in [0.15, 0.2) is 0 Å². The van der Waals surface area contributed by atoms with E-state index >= 15 is 0 Å². The number of aryl methyl sites for hydroxylation is 2. The Balaban J connectivity index is 1.80. The van der Waals surface area contributed by atoms with Crippen LogP contribution in [0.2, 0.25) is 0 Å². The number of nitrogens with zero attached hydrogens (tertiary/aromatic N) is 2. The molecule has 0 radical (unpaired) electrons. The molecule has 27 heavy (non-hydrogen) atoms. The smallest absolute Gasteiger partial charge is 0.352 e. The second-order valence-electron chi connectivity index (χ2n) is 6.41. The average Bonchev–Trinajstić information content (AvgIpc) is 2.88. The molecule has 1 amide bonds. The fraction of sp³-hybridized carbons (Fsp3) is 0.368. The Morgan fingerprint density at radius 1 is 1.30 bits per heavy atom. The van der Waals surface area contributed by atoms with Crippen molar-refractivity contribution in [3.63, 3.8) is 0 Å². The molecule has 0 bridgehead atoms. The van der Waals surface area contributed by atoms with E-state index < -0.39 is 5.51 Å². The summed E-state index contributed by atoms with van der Waals surface area (Å²) >= 11 is -0.162. The molecule has 1 aromatic heterocycles. The Morgan fingerprint density at radius 3 is 2.52 bits per heavy atom. The zero-order valence-corrected chi connectivity index (χ0v) is 16.2. The van der Waals surface area contributed by atoms with Crippen molar-refractivity contribution in [3.8, 4) is 0 Å². The van der Waals surface area contributed by atoms with Crippen LogP contribution in [0.5, 0.6) is 0 Å². The standard InChI is InChI=1S/C19H22F3N3OS/c1-13(12-25-15(3)10-14(2)24-25)11-23-18(26)9-6-16-4-7-17(8-5-16)27-19(20,21)22/h4-10,13H,11-12H2,1-3H3,(H,23,26). The molecule has 146 valence electrons. The van der Waals surface area contributed by atoms with Gasteiger partial charge in [-0.2, -0.15) is 18.3 Å². The molecule has 0 fully saturated rings. The van der Waals surface area contributed by atoms with Crippen LogP contribution in [-0.4, -0.2) is 27.7 Å². The zero-order chi connectivity index (χ0) is 20.0. The molecule has 2 rings (SSSR count). The first-order chi connectivity index (χ1) is 12.6. The lowest BCUT2D eigenvalue weighted by Crippen LogP contribution is -2.29. The van der Waals surface area contributed by atoms with E-state index in [9.17, 15) is 18.0 Å². The lowest BCUT2D eigenvalue weighted by Gasteiger charge is -2.13. The Labute approximate surface area is 160 Å². The third kappa shape index (κ3) is 7.50. The molecule has 2 aromatic rings. The largest absolute Gasteiger partial charge is 0.446 e. The number of benzene rings is 1. The predicted octanol–water partition coefficient (Wildman–Crippen LogP) is 4.58. The second kappa shape index (κ2) is 9.12. The van der Waals surface area contributed by atoms with Crippen LogP contribution in [0.3, 0.4) is 0 Å². The number of hydrogen-bond acceptors (Lipinski definition) is 3. The first-order valence-electron chi connectivity index (χ1n) is 8.45. The van der Waals surface area contributed by atoms with E-state index in [1.54, 1.807) is 18.2 Å². The number of rotatable bonds is 7. The quantitative estimate of drug-likeness (QED) is 0.550. The minimum absolute atomic E-state index is 0.113. The molecule has 0 saturated carbocycles. The van der Waals surface area contributed by atoms with Gasteiger partial charge in [-0.3, -0.25) is 9.48 Å². The molecule has 4 nitrogen and oxygen atoms in total. The molecule has 1 aromatic carbocycles. The van der Waals surface area contributed by atoms with E-state index in [1.165, 1.54) is 18.2 Å². The fourth-order valence-corrected chi connectivity index (χ4v) is 3.05. The third-order valence-corrected chi connectivity index (χ3v) is 4.49. The Bertz CT molecular complexity index is 798. The number of carbonyl (C=O) groups is 1. The topological polar surface area (TPSA) is 46.9 Å². The third-order valence-electron chi connectivity index (χ3n) is 3.75. The first kappa shape index (κ1) is 21.1. The Morgan fingerprint density at radius 2 is 1.96 bits per heavy atom. The SMILES string of the molecule is Cc1cc(C)n(CC(C)CNC(=O)C=Cc2ccc(SC(F)(F)F)cc2)n1. The van der Waals surface area contributed by atoms with Crippen LogP contribution in [0.15, 0.2) is 41.3 Å². The summed E-state index contributed by atoms with van der Waals surface area (Å²) in [5.74, 6) is -0.0389. The van der Waals surface area contributed by atoms with Gasteiger partial charge in [-0.1, -0.05) is 19.1 Å². The van der Waals surface area contributed by atoms with Crippen molar-refractivity contribution in [2.24, 2.45) is 5.92 Å². The van der Waals surface area contributed by atoms with E-state index in [2.05, 4.69) is 10.4 Å². The van der Waals surface area contributed by atoms with Crippen molar-refractivity contribution in [3.05, 3.63) is 53.4 Å². The number of carbonyl (C=O) groups excluding carboxylic acids is 1. The molecule has 1 atom stereocenters. The lowest BCUT2D eigenvalue weighted by molar-refractivity contribution is -0.116. The summed E-state index contributed by atoms with van der Waals surface area (Å²) in [5, 5.41) is 7.22. The van der Waals surface area contributed by atoms with Crippen LogP contribution in [0.1, 0.15) is 23.9 Å². The van der Waals surface area contributed by atoms with Gasteiger partial charge in [0.1, 0.15) is 0 Å². The molecule has 1 unspecified atom stereocenters. The highest BCUT2D eigenvalue weighted by atomic mass is 32.2. The summed E-state index contributed by atoms with van der Waals surface area (Å²) in [6.45, 7) is 7.17. The highest BCUT2D eigenvalue weighted by Gasteiger charge is 2.28. The molecule has 8 heteroatoms. The maximum atomic E-state index is 12.3. The molecule has 0 aliphatic rings. The van der Waals surface area contributed by atoms with Gasteiger partial charge in [0.2, 0.25) is 5.91 Å². The van der Waals surface area contributed by atoms with Crippen LogP contribution in [-0.2, 0) is 11.3 Å². The van der Waals surface area contributed by atoms with Crippen molar-refractivity contribution in [2.45, 2.75) is 37.7 Å². The lowest BCUT2D eigenvalue weighted by atomic mass is 10.1. The minimum Gasteiger partial charge on any atom is -0.352 e. The van der Waals surface area contributed by atoms with Crippen molar-refractivity contribution in [2.75, 3.05) is 6.54 Å². The number of thioether (sulfide) groups is 1. The number of amides is 1. The summed E-state index contributed by atoms with van der Waals surface area (Å²) in [4.78, 5) is 12.0. The molecular formula is C19H22F3N3OS. The molecular weight excluding hydrogens is 375 g/mol. The van der Waals surface area contributed by atoms with Gasteiger partial charge in [0, 0.05) is 29.8 Å². The van der Waals surface area contributed by atoms with Crippen LogP contribution in [0.25, 0.3) is 6.08 Å². The van der Waals surface area contributed by atoms with E-state index in [1.807, 2.05) is 31.5 Å². The van der Waals surface area contributed by atoms with Crippen LogP contribution in [0.4, 0.5) is 13.2 Å². The van der Waals surface area contributed by atoms with Crippen molar-refractivity contribution < 1.29 is 18.0 Å². The maximum absolute atomic E-state index is 12.3. The summed E-state index contributed by atoms with van der Waals surface area (Å²) in [7, 11) is 0.